The molecule has 0 saturated heterocycles. The Morgan fingerprint density at radius 2 is 2.29 bits per heavy atom. The average Bonchev–Trinajstić information content (AvgIpc) is 2.15. The van der Waals surface area contributed by atoms with E-state index >= 15 is 0 Å². The molecule has 0 amide bonds. The van der Waals surface area contributed by atoms with Crippen molar-refractivity contribution in [3.63, 3.8) is 0 Å². The molecule has 0 radical (unpaired) electrons. The Bertz CT molecular complexity index is 330. The summed E-state index contributed by atoms with van der Waals surface area (Å²) < 4.78 is 9.34. The lowest BCUT2D eigenvalue weighted by atomic mass is 10.1. The fraction of sp³-hybridized carbons (Fsp3) is 0.250. The number of nitrogens with zero attached hydrogens (tertiary/aromatic N) is 1. The van der Waals surface area contributed by atoms with E-state index in [0.29, 0.717) is 0 Å². The molecule has 0 aliphatic carbocycles. The van der Waals surface area contributed by atoms with E-state index in [-0.39, 0.29) is 8.96 Å². The monoisotopic (exact) mass is 246 g/mol. The van der Waals surface area contributed by atoms with Gasteiger partial charge in [-0.15, -0.1) is 0 Å². The maximum atomic E-state index is 5.53. The SMILES string of the molecule is Cc1ccc(OPNP=NP)c(C)c1. The molecule has 0 saturated carbocycles. The Hall–Kier alpha value is -0.0600. The van der Waals surface area contributed by atoms with Gasteiger partial charge in [0.2, 0.25) is 0 Å². The van der Waals surface area contributed by atoms with Crippen molar-refractivity contribution in [2.24, 2.45) is 4.52 Å². The molecule has 0 aliphatic heterocycles. The van der Waals surface area contributed by atoms with E-state index in [9.17, 15) is 0 Å². The lowest BCUT2D eigenvalue weighted by Crippen LogP contribution is -1.89. The van der Waals surface area contributed by atoms with Gasteiger partial charge in [0.1, 0.15) is 14.3 Å². The maximum Gasteiger partial charge on any atom is 0.155 e. The standard InChI is InChI=1S/C8H13N2OP3/c1-6-3-4-8(7(2)5-6)11-14-10-13-9-12/h3-5,14H,12H2,1-2H3,(H,9,10). The lowest BCUT2D eigenvalue weighted by Gasteiger charge is -2.07. The third-order valence-electron chi connectivity index (χ3n) is 1.64. The maximum absolute atomic E-state index is 5.53. The minimum absolute atomic E-state index is 0.240. The van der Waals surface area contributed by atoms with E-state index in [2.05, 4.69) is 31.8 Å². The predicted octanol–water partition coefficient (Wildman–Crippen LogP) is 3.62. The number of hydrogen-bond donors (Lipinski definition) is 1. The van der Waals surface area contributed by atoms with E-state index in [0.717, 1.165) is 14.3 Å². The van der Waals surface area contributed by atoms with Crippen molar-refractivity contribution in [3.05, 3.63) is 29.3 Å². The van der Waals surface area contributed by atoms with Crippen molar-refractivity contribution >= 4 is 26.9 Å². The van der Waals surface area contributed by atoms with Crippen molar-refractivity contribution in [1.82, 2.24) is 4.86 Å². The fourth-order valence-corrected chi connectivity index (χ4v) is 2.48. The summed E-state index contributed by atoms with van der Waals surface area (Å²) in [5.74, 6) is 0.931. The molecule has 6 heteroatoms. The smallest absolute Gasteiger partial charge is 0.155 e. The third kappa shape index (κ3) is 3.98. The molecule has 1 N–H and O–H groups in total. The number of rotatable bonds is 4. The van der Waals surface area contributed by atoms with E-state index in [1.54, 1.807) is 0 Å². The van der Waals surface area contributed by atoms with Crippen LogP contribution in [-0.2, 0) is 0 Å². The highest BCUT2D eigenvalue weighted by Crippen LogP contribution is 2.25. The molecule has 0 heterocycles. The van der Waals surface area contributed by atoms with Crippen LogP contribution in [0.25, 0.3) is 0 Å². The van der Waals surface area contributed by atoms with Gasteiger partial charge in [-0.3, -0.25) is 0 Å². The Labute approximate surface area is 90.1 Å². The average molecular weight is 246 g/mol. The molecule has 14 heavy (non-hydrogen) atoms. The topological polar surface area (TPSA) is 33.6 Å². The molecular formula is C8H13N2OP3. The highest BCUT2D eigenvalue weighted by molar-refractivity contribution is 7.46. The Morgan fingerprint density at radius 3 is 2.93 bits per heavy atom. The van der Waals surface area contributed by atoms with Gasteiger partial charge < -0.3 is 4.52 Å². The van der Waals surface area contributed by atoms with E-state index in [4.69, 9.17) is 4.52 Å². The highest BCUT2D eigenvalue weighted by atomic mass is 31.1. The van der Waals surface area contributed by atoms with Crippen LogP contribution in [0, 0.1) is 13.8 Å². The van der Waals surface area contributed by atoms with Crippen LogP contribution in [0.1, 0.15) is 11.1 Å². The quantitative estimate of drug-likeness (QED) is 0.650. The van der Waals surface area contributed by atoms with Gasteiger partial charge in [0.25, 0.3) is 0 Å². The van der Waals surface area contributed by atoms with Crippen LogP contribution >= 0.6 is 26.9 Å². The van der Waals surface area contributed by atoms with Crippen LogP contribution in [0.5, 0.6) is 5.75 Å². The zero-order valence-electron chi connectivity index (χ0n) is 8.11. The van der Waals surface area contributed by atoms with Crippen LogP contribution in [0.3, 0.4) is 0 Å². The molecule has 3 nitrogen and oxygen atoms in total. The molecule has 0 aromatic heterocycles. The van der Waals surface area contributed by atoms with Gasteiger partial charge in [-0.25, -0.2) is 9.37 Å². The van der Waals surface area contributed by atoms with Crippen LogP contribution in [-0.4, -0.2) is 0 Å². The first kappa shape index (κ1) is 12.0. The molecule has 0 bridgehead atoms. The second-order valence-electron chi connectivity index (χ2n) is 2.80. The zero-order chi connectivity index (χ0) is 10.4. The largest absolute Gasteiger partial charge is 0.460 e. The highest BCUT2D eigenvalue weighted by Gasteiger charge is 1.98. The summed E-state index contributed by atoms with van der Waals surface area (Å²) in [5, 5.41) is 0. The van der Waals surface area contributed by atoms with E-state index in [1.807, 2.05) is 19.1 Å². The van der Waals surface area contributed by atoms with Crippen LogP contribution in [0.4, 0.5) is 0 Å². The third-order valence-corrected chi connectivity index (χ3v) is 3.19. The Kier molecular flexibility index (Phi) is 5.52. The van der Waals surface area contributed by atoms with Crippen molar-refractivity contribution < 1.29 is 4.52 Å². The van der Waals surface area contributed by atoms with Crippen LogP contribution in [0.2, 0.25) is 0 Å². The van der Waals surface area contributed by atoms with Crippen molar-refractivity contribution in [1.29, 1.82) is 0 Å². The minimum atomic E-state index is 0.240. The molecule has 0 fully saturated rings. The number of aryl methyl sites for hydroxylation is 2. The lowest BCUT2D eigenvalue weighted by molar-refractivity contribution is 0.623. The summed E-state index contributed by atoms with van der Waals surface area (Å²) in [6.07, 6.45) is 0. The zero-order valence-corrected chi connectivity index (χ0v) is 11.2. The first-order valence-electron chi connectivity index (χ1n) is 4.08. The normalized spacial score (nSPS) is 11.6. The summed E-state index contributed by atoms with van der Waals surface area (Å²) in [6, 6.07) is 6.15. The number of hydrogen-bond acceptors (Lipinski definition) is 2. The molecule has 76 valence electrons. The molecular weight excluding hydrogens is 233 g/mol. The van der Waals surface area contributed by atoms with Gasteiger partial charge in [-0.05, 0) is 34.9 Å². The van der Waals surface area contributed by atoms with E-state index in [1.165, 1.54) is 11.1 Å². The molecule has 1 aromatic rings. The molecule has 1 aromatic carbocycles. The second-order valence-corrected chi connectivity index (χ2v) is 5.23. The van der Waals surface area contributed by atoms with Gasteiger partial charge >= 0.3 is 0 Å². The summed E-state index contributed by atoms with van der Waals surface area (Å²) in [6.45, 7) is 4.12. The van der Waals surface area contributed by atoms with Crippen molar-refractivity contribution in [3.8, 4) is 5.75 Å². The molecule has 1 rings (SSSR count). The summed E-state index contributed by atoms with van der Waals surface area (Å²) in [5.41, 5.74) is 2.42. The van der Waals surface area contributed by atoms with Gasteiger partial charge in [0, 0.05) is 0 Å². The fourth-order valence-electron chi connectivity index (χ4n) is 1.04. The van der Waals surface area contributed by atoms with Gasteiger partial charge in [-0.2, -0.15) is 0 Å². The molecule has 0 aliphatic rings. The first-order chi connectivity index (χ1) is 6.74. The number of nitrogens with one attached hydrogen (secondary N) is 1. The summed E-state index contributed by atoms with van der Waals surface area (Å²) >= 11 is 0. The van der Waals surface area contributed by atoms with Gasteiger partial charge in [-0.1, -0.05) is 17.7 Å². The predicted molar refractivity (Wildman–Crippen MR) is 67.1 cm³/mol. The summed E-state index contributed by atoms with van der Waals surface area (Å²) in [7, 11) is 3.36. The van der Waals surface area contributed by atoms with Gasteiger partial charge in [0.05, 0.1) is 0 Å². The van der Waals surface area contributed by atoms with Crippen LogP contribution < -0.4 is 9.38 Å². The number of benzene rings is 1. The molecule has 2 atom stereocenters. The van der Waals surface area contributed by atoms with Gasteiger partial charge in [0.15, 0.2) is 8.96 Å². The Balaban J connectivity index is 2.50. The minimum Gasteiger partial charge on any atom is -0.460 e. The van der Waals surface area contributed by atoms with Crippen LogP contribution in [0.15, 0.2) is 22.7 Å². The van der Waals surface area contributed by atoms with Crippen molar-refractivity contribution in [2.45, 2.75) is 13.8 Å². The van der Waals surface area contributed by atoms with Crippen molar-refractivity contribution in [2.75, 3.05) is 0 Å². The molecule has 2 unspecified atom stereocenters. The summed E-state index contributed by atoms with van der Waals surface area (Å²) in [4.78, 5) is 3.02. The first-order valence-corrected chi connectivity index (χ1v) is 6.35. The second kappa shape index (κ2) is 6.43. The van der Waals surface area contributed by atoms with E-state index < -0.39 is 0 Å². The molecule has 0 spiro atoms. The Morgan fingerprint density at radius 1 is 1.50 bits per heavy atom.